The van der Waals surface area contributed by atoms with Gasteiger partial charge in [0.2, 0.25) is 10.0 Å². The summed E-state index contributed by atoms with van der Waals surface area (Å²) in [5, 5.41) is 3.28. The maximum Gasteiger partial charge on any atom is 0.240 e. The molecule has 3 aromatic rings. The lowest BCUT2D eigenvalue weighted by molar-refractivity contribution is 0.568. The van der Waals surface area contributed by atoms with Crippen LogP contribution in [0.25, 0.3) is 11.0 Å². The number of para-hydroxylation sites is 2. The summed E-state index contributed by atoms with van der Waals surface area (Å²) in [5.74, 6) is 0.972. The van der Waals surface area contributed by atoms with Crippen molar-refractivity contribution < 1.29 is 8.42 Å². The largest absolute Gasteiger partial charge is 0.327 e. The fraction of sp³-hybridized carbons (Fsp3) is 0.350. The van der Waals surface area contributed by atoms with Gasteiger partial charge in [-0.25, -0.2) is 18.1 Å². The van der Waals surface area contributed by atoms with Crippen LogP contribution in [0.1, 0.15) is 24.7 Å². The van der Waals surface area contributed by atoms with Crippen LogP contribution in [-0.2, 0) is 23.1 Å². The first-order valence-electron chi connectivity index (χ1n) is 9.22. The zero-order chi connectivity index (χ0) is 19.3. The maximum absolute atomic E-state index is 12.3. The Labute approximate surface area is 160 Å². The lowest BCUT2D eigenvalue weighted by Gasteiger charge is -2.10. The number of benzene rings is 2. The fourth-order valence-electron chi connectivity index (χ4n) is 3.01. The summed E-state index contributed by atoms with van der Waals surface area (Å²) in [6, 6.07) is 14.9. The highest BCUT2D eigenvalue weighted by Gasteiger charge is 2.13. The minimum atomic E-state index is -3.47. The second kappa shape index (κ2) is 8.65. The van der Waals surface area contributed by atoms with Gasteiger partial charge in [-0.05, 0) is 37.6 Å². The van der Waals surface area contributed by atoms with E-state index in [4.69, 9.17) is 4.98 Å². The molecule has 1 aromatic heterocycles. The van der Waals surface area contributed by atoms with Gasteiger partial charge >= 0.3 is 0 Å². The number of rotatable bonds is 9. The van der Waals surface area contributed by atoms with Gasteiger partial charge in [-0.1, -0.05) is 36.8 Å². The summed E-state index contributed by atoms with van der Waals surface area (Å²) in [6.45, 7) is 6.44. The molecule has 0 unspecified atom stereocenters. The summed E-state index contributed by atoms with van der Waals surface area (Å²) in [4.78, 5) is 4.98. The molecule has 0 radical (unpaired) electrons. The van der Waals surface area contributed by atoms with Crippen molar-refractivity contribution in [3.05, 3.63) is 59.9 Å². The molecule has 0 bridgehead atoms. The standard InChI is InChI=1S/C20H26N4O2S/c1-3-14-24-19-7-5-4-6-18(19)23-20(24)15-21-12-13-22-27(25,26)17-10-8-16(2)9-11-17/h4-11,21-22H,3,12-15H2,1-2H3. The average Bonchev–Trinajstić information content (AvgIpc) is 3.00. The SMILES string of the molecule is CCCn1c(CNCCNS(=O)(=O)c2ccc(C)cc2)nc2ccccc21. The third-order valence-electron chi connectivity index (χ3n) is 4.39. The molecule has 0 fully saturated rings. The summed E-state index contributed by atoms with van der Waals surface area (Å²) >= 11 is 0. The highest BCUT2D eigenvalue weighted by atomic mass is 32.2. The van der Waals surface area contributed by atoms with Crippen LogP contribution in [0.3, 0.4) is 0 Å². The minimum Gasteiger partial charge on any atom is -0.327 e. The van der Waals surface area contributed by atoms with E-state index in [0.717, 1.165) is 35.4 Å². The van der Waals surface area contributed by atoms with E-state index in [2.05, 4.69) is 27.6 Å². The molecular weight excluding hydrogens is 360 g/mol. The van der Waals surface area contributed by atoms with E-state index < -0.39 is 10.0 Å². The second-order valence-corrected chi connectivity index (χ2v) is 8.32. The Morgan fingerprint density at radius 3 is 2.52 bits per heavy atom. The van der Waals surface area contributed by atoms with Gasteiger partial charge in [0.1, 0.15) is 5.82 Å². The Bertz CT molecular complexity index is 994. The molecule has 0 saturated heterocycles. The van der Waals surface area contributed by atoms with Crippen molar-refractivity contribution in [2.24, 2.45) is 0 Å². The molecule has 1 heterocycles. The van der Waals surface area contributed by atoms with Crippen LogP contribution < -0.4 is 10.0 Å². The Morgan fingerprint density at radius 2 is 1.78 bits per heavy atom. The van der Waals surface area contributed by atoms with Crippen molar-refractivity contribution in [1.82, 2.24) is 19.6 Å². The highest BCUT2D eigenvalue weighted by Crippen LogP contribution is 2.16. The van der Waals surface area contributed by atoms with Crippen molar-refractivity contribution in [2.45, 2.75) is 38.3 Å². The Balaban J connectivity index is 1.55. The number of nitrogens with zero attached hydrogens (tertiary/aromatic N) is 2. The molecule has 0 aliphatic rings. The van der Waals surface area contributed by atoms with Gasteiger partial charge in [-0.2, -0.15) is 0 Å². The number of aryl methyl sites for hydroxylation is 2. The quantitative estimate of drug-likeness (QED) is 0.555. The first-order chi connectivity index (χ1) is 13.0. The first kappa shape index (κ1) is 19.5. The number of aromatic nitrogens is 2. The average molecular weight is 387 g/mol. The van der Waals surface area contributed by atoms with Crippen LogP contribution in [0, 0.1) is 6.92 Å². The van der Waals surface area contributed by atoms with E-state index in [0.29, 0.717) is 19.6 Å². The molecule has 2 N–H and O–H groups in total. The van der Waals surface area contributed by atoms with Crippen molar-refractivity contribution in [2.75, 3.05) is 13.1 Å². The van der Waals surface area contributed by atoms with Crippen molar-refractivity contribution in [3.63, 3.8) is 0 Å². The minimum absolute atomic E-state index is 0.290. The van der Waals surface area contributed by atoms with Gasteiger partial charge in [-0.15, -0.1) is 0 Å². The van der Waals surface area contributed by atoms with Crippen LogP contribution in [-0.4, -0.2) is 31.1 Å². The molecule has 0 spiro atoms. The number of hydrogen-bond acceptors (Lipinski definition) is 4. The zero-order valence-corrected chi connectivity index (χ0v) is 16.6. The van der Waals surface area contributed by atoms with Crippen LogP contribution in [0.15, 0.2) is 53.4 Å². The van der Waals surface area contributed by atoms with Gasteiger partial charge in [0.05, 0.1) is 22.5 Å². The van der Waals surface area contributed by atoms with Gasteiger partial charge in [0.25, 0.3) is 0 Å². The molecule has 3 rings (SSSR count). The monoisotopic (exact) mass is 386 g/mol. The molecular formula is C20H26N4O2S. The van der Waals surface area contributed by atoms with E-state index in [1.165, 1.54) is 0 Å². The molecule has 144 valence electrons. The lowest BCUT2D eigenvalue weighted by atomic mass is 10.2. The molecule has 7 heteroatoms. The Morgan fingerprint density at radius 1 is 1.04 bits per heavy atom. The number of hydrogen-bond donors (Lipinski definition) is 2. The summed E-state index contributed by atoms with van der Waals surface area (Å²) in [5.41, 5.74) is 3.16. The van der Waals surface area contributed by atoms with Crippen LogP contribution in [0.4, 0.5) is 0 Å². The van der Waals surface area contributed by atoms with E-state index in [-0.39, 0.29) is 4.90 Å². The second-order valence-electron chi connectivity index (χ2n) is 6.56. The molecule has 0 amide bonds. The van der Waals surface area contributed by atoms with E-state index in [9.17, 15) is 8.42 Å². The molecule has 2 aromatic carbocycles. The van der Waals surface area contributed by atoms with Crippen LogP contribution in [0.2, 0.25) is 0 Å². The molecule has 27 heavy (non-hydrogen) atoms. The number of imidazole rings is 1. The van der Waals surface area contributed by atoms with E-state index in [1.807, 2.05) is 25.1 Å². The molecule has 0 aliphatic heterocycles. The van der Waals surface area contributed by atoms with Crippen molar-refractivity contribution in [3.8, 4) is 0 Å². The smallest absolute Gasteiger partial charge is 0.240 e. The number of nitrogens with one attached hydrogen (secondary N) is 2. The van der Waals surface area contributed by atoms with Gasteiger partial charge in [-0.3, -0.25) is 0 Å². The molecule has 0 atom stereocenters. The topological polar surface area (TPSA) is 76.0 Å². The normalized spacial score (nSPS) is 11.9. The van der Waals surface area contributed by atoms with Crippen molar-refractivity contribution >= 4 is 21.1 Å². The Kier molecular flexibility index (Phi) is 6.26. The molecule has 0 saturated carbocycles. The number of sulfonamides is 1. The number of fused-ring (bicyclic) bond motifs is 1. The first-order valence-corrected chi connectivity index (χ1v) is 10.7. The summed E-state index contributed by atoms with van der Waals surface area (Å²) in [7, 11) is -3.47. The summed E-state index contributed by atoms with van der Waals surface area (Å²) < 4.78 is 29.4. The predicted molar refractivity (Wildman–Crippen MR) is 108 cm³/mol. The predicted octanol–water partition coefficient (Wildman–Crippen LogP) is 2.82. The van der Waals surface area contributed by atoms with Crippen LogP contribution in [0.5, 0.6) is 0 Å². The molecule has 0 aliphatic carbocycles. The fourth-order valence-corrected chi connectivity index (χ4v) is 4.04. The van der Waals surface area contributed by atoms with Crippen LogP contribution >= 0.6 is 0 Å². The van der Waals surface area contributed by atoms with E-state index >= 15 is 0 Å². The summed E-state index contributed by atoms with van der Waals surface area (Å²) in [6.07, 6.45) is 1.03. The zero-order valence-electron chi connectivity index (χ0n) is 15.8. The van der Waals surface area contributed by atoms with Crippen molar-refractivity contribution in [1.29, 1.82) is 0 Å². The van der Waals surface area contributed by atoms with Gasteiger partial charge in [0.15, 0.2) is 0 Å². The third-order valence-corrected chi connectivity index (χ3v) is 5.87. The Hall–Kier alpha value is -2.22. The van der Waals surface area contributed by atoms with Gasteiger partial charge < -0.3 is 9.88 Å². The maximum atomic E-state index is 12.3. The van der Waals surface area contributed by atoms with Gasteiger partial charge in [0, 0.05) is 19.6 Å². The molecule has 6 nitrogen and oxygen atoms in total. The van der Waals surface area contributed by atoms with E-state index in [1.54, 1.807) is 24.3 Å². The lowest BCUT2D eigenvalue weighted by Crippen LogP contribution is -2.32. The third kappa shape index (κ3) is 4.74. The highest BCUT2D eigenvalue weighted by molar-refractivity contribution is 7.89.